The van der Waals surface area contributed by atoms with Crippen LogP contribution < -0.4 is 0 Å². The Morgan fingerprint density at radius 1 is 0.387 bits per heavy atom. The first-order valence-electron chi connectivity index (χ1n) is 13.5. The van der Waals surface area contributed by atoms with Crippen molar-refractivity contribution < 1.29 is 0 Å². The van der Waals surface area contributed by atoms with E-state index < -0.39 is 19.8 Å². The molecule has 0 N–H and O–H groups in total. The van der Waals surface area contributed by atoms with Crippen molar-refractivity contribution in [2.75, 3.05) is 19.6 Å². The van der Waals surface area contributed by atoms with Crippen molar-refractivity contribution in [3.8, 4) is 0 Å². The molecule has 1 radical (unpaired) electrons. The molecule has 0 spiro atoms. The summed E-state index contributed by atoms with van der Waals surface area (Å²) in [5.41, 5.74) is 0. The van der Waals surface area contributed by atoms with Crippen LogP contribution in [0.25, 0.3) is 0 Å². The van der Waals surface area contributed by atoms with Gasteiger partial charge in [0, 0.05) is 0 Å². The van der Waals surface area contributed by atoms with E-state index in [9.17, 15) is 0 Å². The van der Waals surface area contributed by atoms with E-state index in [2.05, 4.69) is 97.8 Å². The molecular weight excluding hydrogens is 485 g/mol. The Hall–Kier alpha value is 0.679. The minimum atomic E-state index is -1.33. The van der Waals surface area contributed by atoms with Crippen LogP contribution >= 0.6 is 0 Å². The summed E-state index contributed by atoms with van der Waals surface area (Å²) < 4.78 is 4.76. The standard InChI is InChI=1S/3C9H20N.Sn/c3*1-6-7-10(8(2)3)9(4)5;/h3*8-9H,1,6-7H2,2-5H3;. The van der Waals surface area contributed by atoms with Crippen LogP contribution in [-0.4, -0.2) is 90.3 Å². The van der Waals surface area contributed by atoms with E-state index in [0.29, 0.717) is 36.3 Å². The Bertz CT molecular complexity index is 335. The van der Waals surface area contributed by atoms with Gasteiger partial charge in [-0.3, -0.25) is 0 Å². The molecule has 4 heteroatoms. The van der Waals surface area contributed by atoms with Crippen molar-refractivity contribution >= 4 is 19.8 Å². The second kappa shape index (κ2) is 17.2. The quantitative estimate of drug-likeness (QED) is 0.172. The first-order chi connectivity index (χ1) is 14.4. The van der Waals surface area contributed by atoms with Gasteiger partial charge in [-0.25, -0.2) is 0 Å². The van der Waals surface area contributed by atoms with Gasteiger partial charge in [-0.05, 0) is 0 Å². The fourth-order valence-electron chi connectivity index (χ4n) is 5.25. The Kier molecular flexibility index (Phi) is 17.5. The SMILES string of the molecule is CC(C)N(CC[CH2][Sn]([CH2]CCN(C(C)C)C(C)C)[CH2]CCN(C(C)C)C(C)C)C(C)C. The van der Waals surface area contributed by atoms with Gasteiger partial charge < -0.3 is 0 Å². The van der Waals surface area contributed by atoms with E-state index in [1.54, 1.807) is 13.3 Å². The molecule has 0 atom stereocenters. The van der Waals surface area contributed by atoms with Crippen molar-refractivity contribution in [2.45, 2.75) is 152 Å². The zero-order valence-corrected chi connectivity index (χ0v) is 26.5. The first-order valence-corrected chi connectivity index (χ1v) is 19.5. The molecule has 0 aromatic heterocycles. The molecule has 0 amide bonds. The molecule has 0 saturated carbocycles. The number of nitrogens with zero attached hydrogens (tertiary/aromatic N) is 3. The summed E-state index contributed by atoms with van der Waals surface area (Å²) in [4.78, 5) is 8.08. The normalized spacial score (nSPS) is 13.4. The fraction of sp³-hybridized carbons (Fsp3) is 1.00. The average Bonchev–Trinajstić information content (AvgIpc) is 2.62. The molecule has 0 bridgehead atoms. The molecule has 0 aromatic carbocycles. The Labute approximate surface area is 205 Å². The van der Waals surface area contributed by atoms with Crippen molar-refractivity contribution in [3.05, 3.63) is 0 Å². The van der Waals surface area contributed by atoms with Crippen molar-refractivity contribution in [1.29, 1.82) is 0 Å². The molecule has 0 unspecified atom stereocenters. The Morgan fingerprint density at radius 3 is 0.742 bits per heavy atom. The van der Waals surface area contributed by atoms with Crippen LogP contribution in [0.5, 0.6) is 0 Å². The summed E-state index contributed by atoms with van der Waals surface area (Å²) in [6.07, 6.45) is 4.30. The number of rotatable bonds is 18. The first kappa shape index (κ1) is 31.7. The van der Waals surface area contributed by atoms with Gasteiger partial charge in [-0.15, -0.1) is 0 Å². The van der Waals surface area contributed by atoms with Gasteiger partial charge in [0.05, 0.1) is 0 Å². The molecule has 0 aliphatic rings. The van der Waals surface area contributed by atoms with Gasteiger partial charge in [0.25, 0.3) is 0 Å². The zero-order valence-electron chi connectivity index (χ0n) is 23.7. The third-order valence-corrected chi connectivity index (χ3v) is 15.9. The topological polar surface area (TPSA) is 9.72 Å². The van der Waals surface area contributed by atoms with E-state index >= 15 is 0 Å². The van der Waals surface area contributed by atoms with Gasteiger partial charge in [-0.2, -0.15) is 0 Å². The molecular formula is C27H60N3Sn. The molecule has 0 rings (SSSR count). The van der Waals surface area contributed by atoms with Crippen molar-refractivity contribution in [1.82, 2.24) is 14.7 Å². The van der Waals surface area contributed by atoms with Crippen LogP contribution in [0.4, 0.5) is 0 Å². The predicted octanol–water partition coefficient (Wildman–Crippen LogP) is 7.01. The third-order valence-electron chi connectivity index (χ3n) is 6.82. The van der Waals surface area contributed by atoms with Crippen LogP contribution in [0.2, 0.25) is 13.3 Å². The molecule has 3 nitrogen and oxygen atoms in total. The molecule has 31 heavy (non-hydrogen) atoms. The number of hydrogen-bond donors (Lipinski definition) is 0. The van der Waals surface area contributed by atoms with Crippen molar-refractivity contribution in [3.63, 3.8) is 0 Å². The van der Waals surface area contributed by atoms with Gasteiger partial charge >= 0.3 is 206 Å². The summed E-state index contributed by atoms with van der Waals surface area (Å²) >= 11 is -1.33. The van der Waals surface area contributed by atoms with Gasteiger partial charge in [-0.1, -0.05) is 0 Å². The number of hydrogen-bond acceptors (Lipinski definition) is 3. The molecule has 0 aliphatic carbocycles. The maximum absolute atomic E-state index is 2.69. The predicted molar refractivity (Wildman–Crippen MR) is 145 cm³/mol. The molecule has 0 saturated heterocycles. The summed E-state index contributed by atoms with van der Waals surface area (Å²) in [6.45, 7) is 32.2. The summed E-state index contributed by atoms with van der Waals surface area (Å²) in [5, 5.41) is 0. The monoisotopic (exact) mass is 546 g/mol. The third kappa shape index (κ3) is 13.9. The Morgan fingerprint density at radius 2 is 0.581 bits per heavy atom. The Balaban J connectivity index is 4.80. The molecule has 0 fully saturated rings. The van der Waals surface area contributed by atoms with Crippen LogP contribution in [0.3, 0.4) is 0 Å². The average molecular weight is 546 g/mol. The minimum absolute atomic E-state index is 0.670. The van der Waals surface area contributed by atoms with Gasteiger partial charge in [0.2, 0.25) is 0 Å². The molecule has 0 aromatic rings. The molecule has 0 aliphatic heterocycles. The van der Waals surface area contributed by atoms with E-state index in [1.165, 1.54) is 38.9 Å². The second-order valence-electron chi connectivity index (χ2n) is 11.3. The summed E-state index contributed by atoms with van der Waals surface area (Å²) in [5.74, 6) is 0. The van der Waals surface area contributed by atoms with Crippen LogP contribution in [0.15, 0.2) is 0 Å². The summed E-state index contributed by atoms with van der Waals surface area (Å²) in [7, 11) is 0. The van der Waals surface area contributed by atoms with Gasteiger partial charge in [0.1, 0.15) is 0 Å². The van der Waals surface area contributed by atoms with Crippen LogP contribution in [-0.2, 0) is 0 Å². The molecule has 0 heterocycles. The molecule has 187 valence electrons. The van der Waals surface area contributed by atoms with Gasteiger partial charge in [0.15, 0.2) is 0 Å². The second-order valence-corrected chi connectivity index (χ2v) is 19.9. The van der Waals surface area contributed by atoms with E-state index in [4.69, 9.17) is 0 Å². The van der Waals surface area contributed by atoms with Crippen LogP contribution in [0, 0.1) is 0 Å². The van der Waals surface area contributed by atoms with E-state index in [-0.39, 0.29) is 0 Å². The van der Waals surface area contributed by atoms with Crippen molar-refractivity contribution in [2.24, 2.45) is 0 Å². The van der Waals surface area contributed by atoms with E-state index in [0.717, 1.165) is 0 Å². The van der Waals surface area contributed by atoms with E-state index in [1.807, 2.05) is 0 Å². The maximum atomic E-state index is 2.69. The summed E-state index contributed by atoms with van der Waals surface area (Å²) in [6, 6.07) is 4.02. The fourth-order valence-corrected chi connectivity index (χ4v) is 13.0. The van der Waals surface area contributed by atoms with Crippen LogP contribution in [0.1, 0.15) is 102 Å². The zero-order chi connectivity index (χ0) is 24.1.